The summed E-state index contributed by atoms with van der Waals surface area (Å²) in [6, 6.07) is 3.09. The van der Waals surface area contributed by atoms with E-state index >= 15 is 0 Å². The molecule has 0 aliphatic carbocycles. The van der Waals surface area contributed by atoms with E-state index < -0.39 is 0 Å². The highest BCUT2D eigenvalue weighted by Gasteiger charge is 2.07. The molecule has 0 fully saturated rings. The molecule has 12 heavy (non-hydrogen) atoms. The van der Waals surface area contributed by atoms with Crippen molar-refractivity contribution in [3.8, 4) is 5.75 Å². The zero-order chi connectivity index (χ0) is 9.14. The zero-order valence-electron chi connectivity index (χ0n) is 6.60. The molecule has 0 atom stereocenters. The first-order valence-electron chi connectivity index (χ1n) is 3.41. The van der Waals surface area contributed by atoms with Crippen molar-refractivity contribution >= 4 is 22.6 Å². The van der Waals surface area contributed by atoms with Crippen LogP contribution in [0.5, 0.6) is 5.75 Å². The molecule has 0 aliphatic heterocycles. The van der Waals surface area contributed by atoms with Crippen molar-refractivity contribution in [2.24, 2.45) is 5.73 Å². The molecule has 0 spiro atoms. The highest BCUT2D eigenvalue weighted by Crippen LogP contribution is 2.22. The lowest BCUT2D eigenvalue weighted by atomic mass is 10.2. The lowest BCUT2D eigenvalue weighted by molar-refractivity contribution is 0.410. The van der Waals surface area contributed by atoms with E-state index in [0.29, 0.717) is 11.3 Å². The van der Waals surface area contributed by atoms with Crippen molar-refractivity contribution in [2.75, 3.05) is 7.11 Å². The first-order valence-corrected chi connectivity index (χ1v) is 4.49. The van der Waals surface area contributed by atoms with Gasteiger partial charge in [0.05, 0.1) is 7.11 Å². The van der Waals surface area contributed by atoms with Gasteiger partial charge in [-0.2, -0.15) is 0 Å². The van der Waals surface area contributed by atoms with Crippen molar-refractivity contribution in [3.63, 3.8) is 0 Å². The van der Waals surface area contributed by atoms with Crippen LogP contribution in [0.15, 0.2) is 12.1 Å². The molecule has 0 radical (unpaired) electrons. The number of hydrogen-bond acceptors (Lipinski definition) is 2. The van der Waals surface area contributed by atoms with Crippen LogP contribution in [0.25, 0.3) is 0 Å². The van der Waals surface area contributed by atoms with Crippen LogP contribution in [-0.2, 0) is 6.54 Å². The average Bonchev–Trinajstić information content (AvgIpc) is 2.03. The number of nitrogens with two attached hydrogens (primary N) is 1. The third kappa shape index (κ3) is 1.87. The van der Waals surface area contributed by atoms with E-state index in [-0.39, 0.29) is 12.4 Å². The molecule has 1 rings (SSSR count). The molecule has 0 aliphatic rings. The van der Waals surface area contributed by atoms with Crippen LogP contribution in [-0.4, -0.2) is 7.11 Å². The van der Waals surface area contributed by atoms with Crippen LogP contribution in [0, 0.1) is 9.39 Å². The second-order valence-corrected chi connectivity index (χ2v) is 3.44. The van der Waals surface area contributed by atoms with Crippen molar-refractivity contribution in [1.82, 2.24) is 0 Å². The summed E-state index contributed by atoms with van der Waals surface area (Å²) >= 11 is 2.03. The minimum absolute atomic E-state index is 0.216. The first kappa shape index (κ1) is 9.73. The van der Waals surface area contributed by atoms with Gasteiger partial charge in [0.15, 0.2) is 0 Å². The Hall–Kier alpha value is -0.360. The highest BCUT2D eigenvalue weighted by atomic mass is 127. The van der Waals surface area contributed by atoms with E-state index in [0.717, 1.165) is 3.57 Å². The first-order chi connectivity index (χ1) is 5.69. The summed E-state index contributed by atoms with van der Waals surface area (Å²) in [6.07, 6.45) is 0. The van der Waals surface area contributed by atoms with Crippen molar-refractivity contribution in [2.45, 2.75) is 6.54 Å². The van der Waals surface area contributed by atoms with Crippen LogP contribution in [0.2, 0.25) is 0 Å². The van der Waals surface area contributed by atoms with E-state index in [9.17, 15) is 4.39 Å². The van der Waals surface area contributed by atoms with E-state index in [1.165, 1.54) is 13.2 Å². The predicted molar refractivity (Wildman–Crippen MR) is 53.6 cm³/mol. The SMILES string of the molecule is COc1cc(F)c(CN)c(I)c1. The molecule has 2 N–H and O–H groups in total. The van der Waals surface area contributed by atoms with Gasteiger partial charge in [-0.05, 0) is 28.7 Å². The van der Waals surface area contributed by atoms with E-state index in [4.69, 9.17) is 10.5 Å². The lowest BCUT2D eigenvalue weighted by Gasteiger charge is -2.05. The minimum atomic E-state index is -0.304. The second kappa shape index (κ2) is 4.04. The van der Waals surface area contributed by atoms with Gasteiger partial charge in [0.25, 0.3) is 0 Å². The maximum absolute atomic E-state index is 13.1. The molecule has 2 nitrogen and oxygen atoms in total. The molecule has 1 aromatic carbocycles. The number of benzene rings is 1. The standard InChI is InChI=1S/C8H9FINO/c1-12-5-2-7(9)6(4-11)8(10)3-5/h2-3H,4,11H2,1H3. The summed E-state index contributed by atoms with van der Waals surface area (Å²) in [6.45, 7) is 0.216. The Kier molecular flexibility index (Phi) is 3.28. The van der Waals surface area contributed by atoms with Gasteiger partial charge < -0.3 is 10.5 Å². The van der Waals surface area contributed by atoms with Gasteiger partial charge in [0.2, 0.25) is 0 Å². The Balaban J connectivity index is 3.18. The molecular formula is C8H9FINO. The molecule has 0 saturated heterocycles. The summed E-state index contributed by atoms with van der Waals surface area (Å²) in [5.74, 6) is 0.218. The molecule has 0 aromatic heterocycles. The Morgan fingerprint density at radius 2 is 2.25 bits per heavy atom. The predicted octanol–water partition coefficient (Wildman–Crippen LogP) is 1.90. The topological polar surface area (TPSA) is 35.2 Å². The van der Waals surface area contributed by atoms with Crippen LogP contribution in [0.3, 0.4) is 0 Å². The maximum Gasteiger partial charge on any atom is 0.132 e. The monoisotopic (exact) mass is 281 g/mol. The van der Waals surface area contributed by atoms with Gasteiger partial charge in [-0.25, -0.2) is 4.39 Å². The van der Waals surface area contributed by atoms with Crippen LogP contribution >= 0.6 is 22.6 Å². The van der Waals surface area contributed by atoms with Crippen LogP contribution in [0.4, 0.5) is 4.39 Å². The molecule has 0 unspecified atom stereocenters. The molecule has 0 heterocycles. The smallest absolute Gasteiger partial charge is 0.132 e. The van der Waals surface area contributed by atoms with Crippen molar-refractivity contribution in [1.29, 1.82) is 0 Å². The fourth-order valence-corrected chi connectivity index (χ4v) is 1.68. The van der Waals surface area contributed by atoms with Crippen molar-refractivity contribution in [3.05, 3.63) is 27.1 Å². The van der Waals surface area contributed by atoms with Crippen molar-refractivity contribution < 1.29 is 9.13 Å². The van der Waals surface area contributed by atoms with Gasteiger partial charge in [-0.3, -0.25) is 0 Å². The van der Waals surface area contributed by atoms with Crippen LogP contribution < -0.4 is 10.5 Å². The fraction of sp³-hybridized carbons (Fsp3) is 0.250. The number of rotatable bonds is 2. The second-order valence-electron chi connectivity index (χ2n) is 2.27. The highest BCUT2D eigenvalue weighted by molar-refractivity contribution is 14.1. The summed E-state index contributed by atoms with van der Waals surface area (Å²) < 4.78 is 18.8. The Morgan fingerprint density at radius 3 is 2.67 bits per heavy atom. The Bertz CT molecular complexity index is 267. The summed E-state index contributed by atoms with van der Waals surface area (Å²) in [5.41, 5.74) is 5.90. The third-order valence-corrected chi connectivity index (χ3v) is 2.52. The van der Waals surface area contributed by atoms with Gasteiger partial charge in [0.1, 0.15) is 11.6 Å². The van der Waals surface area contributed by atoms with Gasteiger partial charge >= 0.3 is 0 Å². The molecule has 1 aromatic rings. The van der Waals surface area contributed by atoms with Gasteiger partial charge in [0, 0.05) is 21.7 Å². The number of ether oxygens (including phenoxy) is 1. The molecule has 66 valence electrons. The van der Waals surface area contributed by atoms with Gasteiger partial charge in [-0.1, -0.05) is 0 Å². The van der Waals surface area contributed by atoms with E-state index in [1.54, 1.807) is 6.07 Å². The lowest BCUT2D eigenvalue weighted by Crippen LogP contribution is -2.03. The minimum Gasteiger partial charge on any atom is -0.497 e. The largest absolute Gasteiger partial charge is 0.497 e. The quantitative estimate of drug-likeness (QED) is 0.840. The Morgan fingerprint density at radius 1 is 1.58 bits per heavy atom. The molecule has 0 amide bonds. The summed E-state index contributed by atoms with van der Waals surface area (Å²) in [4.78, 5) is 0. The van der Waals surface area contributed by atoms with E-state index in [1.807, 2.05) is 22.6 Å². The molecular weight excluding hydrogens is 272 g/mol. The van der Waals surface area contributed by atoms with Crippen LogP contribution in [0.1, 0.15) is 5.56 Å². The van der Waals surface area contributed by atoms with Gasteiger partial charge in [-0.15, -0.1) is 0 Å². The molecule has 4 heteroatoms. The number of methoxy groups -OCH3 is 1. The summed E-state index contributed by atoms with van der Waals surface area (Å²) in [5, 5.41) is 0. The normalized spacial score (nSPS) is 10.0. The zero-order valence-corrected chi connectivity index (χ0v) is 8.76. The van der Waals surface area contributed by atoms with E-state index in [2.05, 4.69) is 0 Å². The Labute approximate surface area is 84.0 Å². The number of hydrogen-bond donors (Lipinski definition) is 1. The molecule has 0 saturated carbocycles. The summed E-state index contributed by atoms with van der Waals surface area (Å²) in [7, 11) is 1.51. The average molecular weight is 281 g/mol. The molecule has 0 bridgehead atoms. The maximum atomic E-state index is 13.1. The fourth-order valence-electron chi connectivity index (χ4n) is 0.893. The number of halogens is 2. The third-order valence-electron chi connectivity index (χ3n) is 1.55.